The summed E-state index contributed by atoms with van der Waals surface area (Å²) in [6.07, 6.45) is 5.10. The Bertz CT molecular complexity index is 659. The summed E-state index contributed by atoms with van der Waals surface area (Å²) < 4.78 is 29.0. The van der Waals surface area contributed by atoms with Gasteiger partial charge in [0.15, 0.2) is 5.82 Å². The molecule has 2 aliphatic carbocycles. The van der Waals surface area contributed by atoms with E-state index in [1.807, 2.05) is 0 Å². The molecule has 1 aromatic heterocycles. The van der Waals surface area contributed by atoms with Gasteiger partial charge >= 0.3 is 0 Å². The molecule has 0 amide bonds. The number of halogens is 2. The molecule has 2 aromatic rings. The van der Waals surface area contributed by atoms with Gasteiger partial charge in [-0.15, -0.1) is 0 Å². The molecular formula is C15H17F2N3. The van der Waals surface area contributed by atoms with Crippen molar-refractivity contribution in [1.29, 1.82) is 0 Å². The molecule has 2 saturated carbocycles. The molecule has 2 N–H and O–H groups in total. The third-order valence-electron chi connectivity index (χ3n) is 4.65. The summed E-state index contributed by atoms with van der Waals surface area (Å²) in [6.45, 7) is 0.737. The Hall–Kier alpha value is -1.65. The predicted molar refractivity (Wildman–Crippen MR) is 73.0 cm³/mol. The number of rotatable bonds is 4. The first-order chi connectivity index (χ1) is 9.63. The molecule has 0 aliphatic heterocycles. The van der Waals surface area contributed by atoms with Crippen LogP contribution >= 0.6 is 0 Å². The molecule has 0 spiro atoms. The number of hydrogen-bond acceptors (Lipinski definition) is 2. The van der Waals surface area contributed by atoms with Crippen molar-refractivity contribution in [1.82, 2.24) is 9.55 Å². The van der Waals surface area contributed by atoms with Gasteiger partial charge in [-0.2, -0.15) is 0 Å². The van der Waals surface area contributed by atoms with Crippen LogP contribution in [0.3, 0.4) is 0 Å². The van der Waals surface area contributed by atoms with Gasteiger partial charge < -0.3 is 10.3 Å². The van der Waals surface area contributed by atoms with Crippen molar-refractivity contribution in [2.24, 2.45) is 17.8 Å². The van der Waals surface area contributed by atoms with Crippen LogP contribution in [0, 0.1) is 29.4 Å². The Morgan fingerprint density at radius 2 is 1.85 bits per heavy atom. The van der Waals surface area contributed by atoms with E-state index < -0.39 is 11.6 Å². The van der Waals surface area contributed by atoms with E-state index >= 15 is 0 Å². The lowest BCUT2D eigenvalue weighted by molar-refractivity contribution is 0.355. The average Bonchev–Trinajstić information content (AvgIpc) is 3.27. The molecular weight excluding hydrogens is 260 g/mol. The minimum absolute atomic E-state index is 0.175. The first-order valence-corrected chi connectivity index (χ1v) is 7.24. The third-order valence-corrected chi connectivity index (χ3v) is 4.65. The number of benzene rings is 1. The maximum Gasteiger partial charge on any atom is 0.201 e. The van der Waals surface area contributed by atoms with Crippen LogP contribution in [0.15, 0.2) is 12.1 Å². The molecule has 106 valence electrons. The van der Waals surface area contributed by atoms with Gasteiger partial charge in [0, 0.05) is 18.7 Å². The van der Waals surface area contributed by atoms with Crippen molar-refractivity contribution in [2.45, 2.75) is 32.2 Å². The quantitative estimate of drug-likeness (QED) is 0.931. The normalized spacial score (nSPS) is 19.1. The van der Waals surface area contributed by atoms with Crippen LogP contribution in [0.25, 0.3) is 11.0 Å². The number of imidazole rings is 1. The second-order valence-electron chi connectivity index (χ2n) is 6.17. The molecule has 0 atom stereocenters. The summed E-state index contributed by atoms with van der Waals surface area (Å²) in [5.41, 5.74) is 6.58. The summed E-state index contributed by atoms with van der Waals surface area (Å²) in [5.74, 6) is 1.18. The van der Waals surface area contributed by atoms with E-state index in [0.717, 1.165) is 24.4 Å². The summed E-state index contributed by atoms with van der Waals surface area (Å²) in [6, 6.07) is 2.19. The molecule has 0 unspecified atom stereocenters. The molecule has 1 aromatic carbocycles. The molecule has 2 fully saturated rings. The van der Waals surface area contributed by atoms with Gasteiger partial charge in [-0.05, 0) is 43.4 Å². The van der Waals surface area contributed by atoms with Crippen molar-refractivity contribution >= 4 is 17.0 Å². The highest BCUT2D eigenvalue weighted by Crippen LogP contribution is 2.50. The number of nitrogens with zero attached hydrogens (tertiary/aromatic N) is 2. The van der Waals surface area contributed by atoms with Gasteiger partial charge in [0.25, 0.3) is 0 Å². The largest absolute Gasteiger partial charge is 0.369 e. The number of fused-ring (bicyclic) bond motifs is 1. The number of anilines is 1. The topological polar surface area (TPSA) is 43.8 Å². The Labute approximate surface area is 115 Å². The van der Waals surface area contributed by atoms with E-state index in [2.05, 4.69) is 4.98 Å². The molecule has 1 heterocycles. The van der Waals surface area contributed by atoms with Gasteiger partial charge in [0.1, 0.15) is 11.3 Å². The van der Waals surface area contributed by atoms with Crippen LogP contribution in [-0.4, -0.2) is 9.55 Å². The zero-order chi connectivity index (χ0) is 13.9. The van der Waals surface area contributed by atoms with Crippen molar-refractivity contribution < 1.29 is 8.78 Å². The van der Waals surface area contributed by atoms with Gasteiger partial charge in [0.05, 0.1) is 5.52 Å². The maximum atomic E-state index is 13.7. The molecule has 20 heavy (non-hydrogen) atoms. The molecule has 3 nitrogen and oxygen atoms in total. The van der Waals surface area contributed by atoms with Gasteiger partial charge in [-0.3, -0.25) is 0 Å². The van der Waals surface area contributed by atoms with E-state index in [0.29, 0.717) is 11.4 Å². The zero-order valence-electron chi connectivity index (χ0n) is 11.1. The van der Waals surface area contributed by atoms with Crippen molar-refractivity contribution in [3.8, 4) is 0 Å². The first-order valence-electron chi connectivity index (χ1n) is 7.24. The van der Waals surface area contributed by atoms with E-state index in [-0.39, 0.29) is 11.5 Å². The standard InChI is InChI=1S/C15H17F2N3/c16-10-5-12(17)14-13(6-10)20(15(18)19-14)7-11(8-1-2-8)9-3-4-9/h5-6,8-9,11H,1-4,7H2,(H2,18,19). The number of hydrogen-bond donors (Lipinski definition) is 1. The summed E-state index contributed by atoms with van der Waals surface area (Å²) in [4.78, 5) is 4.07. The van der Waals surface area contributed by atoms with E-state index in [1.165, 1.54) is 31.7 Å². The van der Waals surface area contributed by atoms with Gasteiger partial charge in [-0.25, -0.2) is 13.8 Å². The molecule has 0 radical (unpaired) electrons. The first kappa shape index (κ1) is 12.1. The minimum Gasteiger partial charge on any atom is -0.369 e. The predicted octanol–water partition coefficient (Wildman–Crippen LogP) is 3.33. The van der Waals surface area contributed by atoms with Crippen LogP contribution in [0.4, 0.5) is 14.7 Å². The highest BCUT2D eigenvalue weighted by molar-refractivity contribution is 5.79. The summed E-state index contributed by atoms with van der Waals surface area (Å²) in [7, 11) is 0. The van der Waals surface area contributed by atoms with Crippen LogP contribution in [0.1, 0.15) is 25.7 Å². The summed E-state index contributed by atoms with van der Waals surface area (Å²) in [5, 5.41) is 0. The van der Waals surface area contributed by atoms with Crippen molar-refractivity contribution in [3.05, 3.63) is 23.8 Å². The Kier molecular flexibility index (Phi) is 2.53. The number of nitrogen functional groups attached to an aromatic ring is 1. The fourth-order valence-electron chi connectivity index (χ4n) is 3.30. The lowest BCUT2D eigenvalue weighted by Gasteiger charge is -2.17. The zero-order valence-corrected chi connectivity index (χ0v) is 11.1. The second-order valence-corrected chi connectivity index (χ2v) is 6.17. The van der Waals surface area contributed by atoms with E-state index in [1.54, 1.807) is 4.57 Å². The fourth-order valence-corrected chi connectivity index (χ4v) is 3.30. The fraction of sp³-hybridized carbons (Fsp3) is 0.533. The van der Waals surface area contributed by atoms with Crippen LogP contribution in [0.2, 0.25) is 0 Å². The highest BCUT2D eigenvalue weighted by atomic mass is 19.1. The molecule has 0 bridgehead atoms. The van der Waals surface area contributed by atoms with E-state index in [4.69, 9.17) is 5.73 Å². The second kappa shape index (κ2) is 4.17. The maximum absolute atomic E-state index is 13.7. The van der Waals surface area contributed by atoms with Crippen LogP contribution in [0.5, 0.6) is 0 Å². The molecule has 2 aliphatic rings. The smallest absolute Gasteiger partial charge is 0.201 e. The SMILES string of the molecule is Nc1nc2c(F)cc(F)cc2n1CC(C1CC1)C1CC1. The summed E-state index contributed by atoms with van der Waals surface area (Å²) >= 11 is 0. The lowest BCUT2D eigenvalue weighted by Crippen LogP contribution is -2.16. The van der Waals surface area contributed by atoms with Crippen LogP contribution < -0.4 is 5.73 Å². The number of aromatic nitrogens is 2. The highest BCUT2D eigenvalue weighted by Gasteiger charge is 2.41. The Morgan fingerprint density at radius 3 is 2.45 bits per heavy atom. The monoisotopic (exact) mass is 277 g/mol. The Balaban J connectivity index is 1.76. The van der Waals surface area contributed by atoms with Gasteiger partial charge in [-0.1, -0.05) is 0 Å². The average molecular weight is 277 g/mol. The Morgan fingerprint density at radius 1 is 1.20 bits per heavy atom. The van der Waals surface area contributed by atoms with Gasteiger partial charge in [0.2, 0.25) is 5.95 Å². The molecule has 0 saturated heterocycles. The third kappa shape index (κ3) is 1.96. The molecule has 5 heteroatoms. The molecule has 4 rings (SSSR count). The number of nitrogens with two attached hydrogens (primary N) is 1. The minimum atomic E-state index is -0.639. The van der Waals surface area contributed by atoms with Crippen LogP contribution in [-0.2, 0) is 6.54 Å². The van der Waals surface area contributed by atoms with E-state index in [9.17, 15) is 8.78 Å². The van der Waals surface area contributed by atoms with Crippen molar-refractivity contribution in [3.63, 3.8) is 0 Å². The van der Waals surface area contributed by atoms with Crippen molar-refractivity contribution in [2.75, 3.05) is 5.73 Å². The lowest BCUT2D eigenvalue weighted by atomic mass is 9.98.